The van der Waals surface area contributed by atoms with Gasteiger partial charge >= 0.3 is 0 Å². The predicted octanol–water partition coefficient (Wildman–Crippen LogP) is 2.41. The first kappa shape index (κ1) is 12.1. The number of rotatable bonds is 5. The van der Waals surface area contributed by atoms with Gasteiger partial charge < -0.3 is 5.32 Å². The van der Waals surface area contributed by atoms with Gasteiger partial charge in [0, 0.05) is 29.7 Å². The van der Waals surface area contributed by atoms with Crippen LogP contribution < -0.4 is 5.32 Å². The van der Waals surface area contributed by atoms with Crippen molar-refractivity contribution in [3.05, 3.63) is 41.7 Å². The van der Waals surface area contributed by atoms with Crippen LogP contribution in [-0.2, 0) is 10.5 Å². The van der Waals surface area contributed by atoms with Gasteiger partial charge in [-0.05, 0) is 17.7 Å². The Balaban J connectivity index is 1.70. The summed E-state index contributed by atoms with van der Waals surface area (Å²) in [6.07, 6.45) is 5.18. The molecule has 0 atom stereocenters. The summed E-state index contributed by atoms with van der Waals surface area (Å²) in [6.45, 7) is 0. The third kappa shape index (κ3) is 4.16. The van der Waals surface area contributed by atoms with Gasteiger partial charge in [0.25, 0.3) is 0 Å². The lowest BCUT2D eigenvalue weighted by Crippen LogP contribution is -2.13. The summed E-state index contributed by atoms with van der Waals surface area (Å²) in [7, 11) is 0. The van der Waals surface area contributed by atoms with Gasteiger partial charge in [-0.15, -0.1) is 23.1 Å². The van der Waals surface area contributed by atoms with Gasteiger partial charge in [0.05, 0.1) is 5.75 Å². The van der Waals surface area contributed by atoms with E-state index in [2.05, 4.69) is 15.3 Å². The molecule has 2 heterocycles. The minimum atomic E-state index is -0.0148. The maximum absolute atomic E-state index is 11.5. The van der Waals surface area contributed by atoms with Crippen LogP contribution in [-0.4, -0.2) is 21.6 Å². The Labute approximate surface area is 107 Å². The van der Waals surface area contributed by atoms with Crippen molar-refractivity contribution in [3.63, 3.8) is 0 Å². The fourth-order valence-electron chi connectivity index (χ4n) is 1.18. The molecule has 0 aliphatic heterocycles. The van der Waals surface area contributed by atoms with Crippen molar-refractivity contribution in [1.82, 2.24) is 9.97 Å². The molecule has 17 heavy (non-hydrogen) atoms. The molecule has 0 bridgehead atoms. The van der Waals surface area contributed by atoms with Crippen LogP contribution in [0, 0.1) is 0 Å². The minimum Gasteiger partial charge on any atom is -0.301 e. The lowest BCUT2D eigenvalue weighted by Gasteiger charge is -2.02. The van der Waals surface area contributed by atoms with Gasteiger partial charge in [-0.2, -0.15) is 0 Å². The summed E-state index contributed by atoms with van der Waals surface area (Å²) in [6, 6.07) is 3.90. The molecule has 1 N–H and O–H groups in total. The van der Waals surface area contributed by atoms with E-state index in [0.717, 1.165) is 5.75 Å². The van der Waals surface area contributed by atoms with Crippen molar-refractivity contribution >= 4 is 34.1 Å². The van der Waals surface area contributed by atoms with Gasteiger partial charge in [0.2, 0.25) is 5.91 Å². The second kappa shape index (κ2) is 6.36. The second-order valence-corrected chi connectivity index (χ2v) is 5.11. The molecule has 0 aromatic carbocycles. The highest BCUT2D eigenvalue weighted by Crippen LogP contribution is 2.13. The molecule has 0 saturated carbocycles. The van der Waals surface area contributed by atoms with E-state index in [0.29, 0.717) is 10.9 Å². The quantitative estimate of drug-likeness (QED) is 0.902. The third-order valence-electron chi connectivity index (χ3n) is 1.93. The molecule has 0 aliphatic carbocycles. The van der Waals surface area contributed by atoms with Crippen LogP contribution in [0.3, 0.4) is 0 Å². The largest absolute Gasteiger partial charge is 0.301 e. The number of pyridine rings is 1. The molecule has 2 aromatic heterocycles. The number of thiazole rings is 1. The number of amides is 1. The third-order valence-corrected chi connectivity index (χ3v) is 3.62. The maximum atomic E-state index is 11.5. The lowest BCUT2D eigenvalue weighted by molar-refractivity contribution is -0.113. The Bertz CT molecular complexity index is 459. The molecule has 6 heteroatoms. The van der Waals surface area contributed by atoms with E-state index in [-0.39, 0.29) is 5.91 Å². The van der Waals surface area contributed by atoms with Gasteiger partial charge in [-0.1, -0.05) is 0 Å². The van der Waals surface area contributed by atoms with Crippen LogP contribution >= 0.6 is 23.1 Å². The van der Waals surface area contributed by atoms with E-state index in [1.54, 1.807) is 30.4 Å². The van der Waals surface area contributed by atoms with Gasteiger partial charge in [0.1, 0.15) is 0 Å². The summed E-state index contributed by atoms with van der Waals surface area (Å²) < 4.78 is 0. The van der Waals surface area contributed by atoms with E-state index in [4.69, 9.17) is 0 Å². The number of thioether (sulfide) groups is 1. The van der Waals surface area contributed by atoms with Crippen molar-refractivity contribution in [3.8, 4) is 0 Å². The van der Waals surface area contributed by atoms with Crippen molar-refractivity contribution in [2.24, 2.45) is 0 Å². The number of aromatic nitrogens is 2. The first-order valence-electron chi connectivity index (χ1n) is 5.00. The summed E-state index contributed by atoms with van der Waals surface area (Å²) in [4.78, 5) is 19.5. The standard InChI is InChI=1S/C11H11N3OS2/c15-10(14-11-13-5-6-17-11)8-16-7-9-1-3-12-4-2-9/h1-6H,7-8H2,(H,13,14,15). The molecule has 1 amide bonds. The van der Waals surface area contributed by atoms with Crippen molar-refractivity contribution in [2.75, 3.05) is 11.1 Å². The molecule has 2 aromatic rings. The van der Waals surface area contributed by atoms with Crippen LogP contribution in [0.25, 0.3) is 0 Å². The smallest absolute Gasteiger partial charge is 0.236 e. The number of hydrogen-bond donors (Lipinski definition) is 1. The minimum absolute atomic E-state index is 0.0148. The van der Waals surface area contributed by atoms with E-state index in [1.807, 2.05) is 17.5 Å². The zero-order valence-electron chi connectivity index (χ0n) is 9.00. The molecule has 4 nitrogen and oxygen atoms in total. The molecule has 0 fully saturated rings. The van der Waals surface area contributed by atoms with E-state index < -0.39 is 0 Å². The van der Waals surface area contributed by atoms with E-state index in [9.17, 15) is 4.79 Å². The van der Waals surface area contributed by atoms with Crippen LogP contribution in [0.15, 0.2) is 36.1 Å². The van der Waals surface area contributed by atoms with Crippen LogP contribution in [0.2, 0.25) is 0 Å². The number of carbonyl (C=O) groups excluding carboxylic acids is 1. The zero-order valence-corrected chi connectivity index (χ0v) is 10.6. The lowest BCUT2D eigenvalue weighted by atomic mass is 10.3. The molecule has 0 aliphatic rings. The fourth-order valence-corrected chi connectivity index (χ4v) is 2.51. The molecular formula is C11H11N3OS2. The summed E-state index contributed by atoms with van der Waals surface area (Å²) >= 11 is 2.99. The van der Waals surface area contributed by atoms with Gasteiger partial charge in [-0.25, -0.2) is 4.98 Å². The molecule has 0 unspecified atom stereocenters. The van der Waals surface area contributed by atoms with Gasteiger partial charge in [0.15, 0.2) is 5.13 Å². The average molecular weight is 265 g/mol. The van der Waals surface area contributed by atoms with Crippen LogP contribution in [0.5, 0.6) is 0 Å². The molecule has 88 valence electrons. The zero-order chi connectivity index (χ0) is 11.9. The molecule has 2 rings (SSSR count). The maximum Gasteiger partial charge on any atom is 0.236 e. The number of hydrogen-bond acceptors (Lipinski definition) is 5. The first-order valence-corrected chi connectivity index (χ1v) is 7.04. The fraction of sp³-hybridized carbons (Fsp3) is 0.182. The van der Waals surface area contributed by atoms with Crippen LogP contribution in [0.1, 0.15) is 5.56 Å². The molecule has 0 radical (unpaired) electrons. The Morgan fingerprint density at radius 3 is 2.88 bits per heavy atom. The summed E-state index contributed by atoms with van der Waals surface area (Å²) in [5.41, 5.74) is 1.17. The van der Waals surface area contributed by atoms with Crippen molar-refractivity contribution in [2.45, 2.75) is 5.75 Å². The van der Waals surface area contributed by atoms with Crippen molar-refractivity contribution < 1.29 is 4.79 Å². The normalized spacial score (nSPS) is 10.1. The Morgan fingerprint density at radius 2 is 2.18 bits per heavy atom. The monoisotopic (exact) mass is 265 g/mol. The Kier molecular flexibility index (Phi) is 4.52. The Hall–Kier alpha value is -1.40. The highest BCUT2D eigenvalue weighted by Gasteiger charge is 2.04. The van der Waals surface area contributed by atoms with Crippen molar-refractivity contribution in [1.29, 1.82) is 0 Å². The summed E-state index contributed by atoms with van der Waals surface area (Å²) in [5.74, 6) is 1.23. The molecule has 0 saturated heterocycles. The van der Waals surface area contributed by atoms with E-state index >= 15 is 0 Å². The highest BCUT2D eigenvalue weighted by atomic mass is 32.2. The van der Waals surface area contributed by atoms with E-state index in [1.165, 1.54) is 16.9 Å². The molecular weight excluding hydrogens is 254 g/mol. The topological polar surface area (TPSA) is 54.9 Å². The average Bonchev–Trinajstić information content (AvgIpc) is 2.83. The Morgan fingerprint density at radius 1 is 1.35 bits per heavy atom. The number of nitrogens with one attached hydrogen (secondary N) is 1. The molecule has 0 spiro atoms. The highest BCUT2D eigenvalue weighted by molar-refractivity contribution is 7.99. The van der Waals surface area contributed by atoms with Crippen LogP contribution in [0.4, 0.5) is 5.13 Å². The number of nitrogens with zero attached hydrogens (tertiary/aromatic N) is 2. The number of carbonyl (C=O) groups is 1. The number of anilines is 1. The summed E-state index contributed by atoms with van der Waals surface area (Å²) in [5, 5.41) is 5.23. The van der Waals surface area contributed by atoms with Gasteiger partial charge in [-0.3, -0.25) is 9.78 Å². The first-order chi connectivity index (χ1) is 8.34. The predicted molar refractivity (Wildman–Crippen MR) is 71.1 cm³/mol. The SMILES string of the molecule is O=C(CSCc1ccncc1)Nc1nccs1. The second-order valence-electron chi connectivity index (χ2n) is 3.23.